The molecule has 0 unspecified atom stereocenters. The number of carbonyl (C=O) groups excluding carboxylic acids is 1. The standard InChI is InChI=1S/C22H23FN4O2S/c23-17-3-5-18(6-4-17)29-14-11-24-22(28)16-9-12-27(13-10-16)21-8-7-19(25-26-21)20-2-1-15-30-20/h1-8,15-16H,9-14H2,(H,24,28). The number of halogens is 1. The van der Waals surface area contributed by atoms with E-state index in [0.29, 0.717) is 18.9 Å². The van der Waals surface area contributed by atoms with Crippen molar-refractivity contribution in [1.82, 2.24) is 15.5 Å². The molecule has 1 aliphatic rings. The van der Waals surface area contributed by atoms with Gasteiger partial charge in [-0.3, -0.25) is 4.79 Å². The molecule has 8 heteroatoms. The van der Waals surface area contributed by atoms with Gasteiger partial charge in [-0.05, 0) is 60.7 Å². The molecule has 0 radical (unpaired) electrons. The average Bonchev–Trinajstić information content (AvgIpc) is 3.33. The molecule has 0 bridgehead atoms. The van der Waals surface area contributed by atoms with Gasteiger partial charge in [0.1, 0.15) is 23.9 Å². The topological polar surface area (TPSA) is 67.3 Å². The lowest BCUT2D eigenvalue weighted by atomic mass is 9.96. The molecule has 3 aromatic rings. The quantitative estimate of drug-likeness (QED) is 0.583. The number of hydrogen-bond acceptors (Lipinski definition) is 6. The highest BCUT2D eigenvalue weighted by Gasteiger charge is 2.25. The van der Waals surface area contributed by atoms with Gasteiger partial charge in [-0.25, -0.2) is 4.39 Å². The van der Waals surface area contributed by atoms with Crippen molar-refractivity contribution < 1.29 is 13.9 Å². The molecule has 1 saturated heterocycles. The Hall–Kier alpha value is -3.00. The van der Waals surface area contributed by atoms with E-state index in [-0.39, 0.29) is 17.6 Å². The number of anilines is 1. The van der Waals surface area contributed by atoms with Crippen molar-refractivity contribution in [2.24, 2.45) is 5.92 Å². The summed E-state index contributed by atoms with van der Waals surface area (Å²) in [5, 5.41) is 13.7. The first kappa shape index (κ1) is 20.3. The number of hydrogen-bond donors (Lipinski definition) is 1. The van der Waals surface area contributed by atoms with Gasteiger partial charge in [-0.1, -0.05) is 6.07 Å². The van der Waals surface area contributed by atoms with Crippen LogP contribution < -0.4 is 15.0 Å². The Kier molecular flexibility index (Phi) is 6.53. The fourth-order valence-corrected chi connectivity index (χ4v) is 4.13. The number of benzene rings is 1. The lowest BCUT2D eigenvalue weighted by Gasteiger charge is -2.31. The Balaban J connectivity index is 1.19. The number of amides is 1. The summed E-state index contributed by atoms with van der Waals surface area (Å²) in [6.45, 7) is 2.32. The van der Waals surface area contributed by atoms with E-state index in [1.54, 1.807) is 23.5 Å². The van der Waals surface area contributed by atoms with Crippen LogP contribution in [0.25, 0.3) is 10.6 Å². The molecule has 1 N–H and O–H groups in total. The summed E-state index contributed by atoms with van der Waals surface area (Å²) in [4.78, 5) is 15.7. The highest BCUT2D eigenvalue weighted by molar-refractivity contribution is 7.13. The van der Waals surface area contributed by atoms with Crippen LogP contribution in [0.2, 0.25) is 0 Å². The van der Waals surface area contributed by atoms with E-state index in [0.717, 1.165) is 42.3 Å². The first-order valence-corrected chi connectivity index (χ1v) is 10.9. The molecule has 30 heavy (non-hydrogen) atoms. The second-order valence-corrected chi connectivity index (χ2v) is 8.06. The SMILES string of the molecule is O=C(NCCOc1ccc(F)cc1)C1CCN(c2ccc(-c3cccs3)nn2)CC1. The van der Waals surface area contributed by atoms with E-state index in [2.05, 4.69) is 20.4 Å². The van der Waals surface area contributed by atoms with Crippen molar-refractivity contribution in [3.63, 3.8) is 0 Å². The zero-order chi connectivity index (χ0) is 20.8. The second kappa shape index (κ2) is 9.67. The van der Waals surface area contributed by atoms with Gasteiger partial charge in [0.25, 0.3) is 0 Å². The van der Waals surface area contributed by atoms with Gasteiger partial charge in [-0.2, -0.15) is 0 Å². The molecule has 2 aromatic heterocycles. The van der Waals surface area contributed by atoms with E-state index >= 15 is 0 Å². The van der Waals surface area contributed by atoms with Crippen molar-refractivity contribution in [2.75, 3.05) is 31.1 Å². The zero-order valence-electron chi connectivity index (χ0n) is 16.5. The summed E-state index contributed by atoms with van der Waals surface area (Å²) in [7, 11) is 0. The predicted octanol–water partition coefficient (Wildman–Crippen LogP) is 3.76. The second-order valence-electron chi connectivity index (χ2n) is 7.11. The molecular formula is C22H23FN4O2S. The first-order valence-electron chi connectivity index (χ1n) is 9.98. The minimum atomic E-state index is -0.300. The van der Waals surface area contributed by atoms with Crippen molar-refractivity contribution in [3.05, 3.63) is 59.7 Å². The summed E-state index contributed by atoms with van der Waals surface area (Å²) in [6, 6.07) is 13.9. The van der Waals surface area contributed by atoms with Crippen LogP contribution in [-0.4, -0.2) is 42.3 Å². The van der Waals surface area contributed by atoms with E-state index in [9.17, 15) is 9.18 Å². The number of ether oxygens (including phenoxy) is 1. The molecule has 3 heterocycles. The maximum atomic E-state index is 12.9. The van der Waals surface area contributed by atoms with Crippen molar-refractivity contribution in [3.8, 4) is 16.3 Å². The van der Waals surface area contributed by atoms with Gasteiger partial charge in [0.2, 0.25) is 5.91 Å². The van der Waals surface area contributed by atoms with Gasteiger partial charge in [0.05, 0.1) is 11.4 Å². The fraction of sp³-hybridized carbons (Fsp3) is 0.318. The minimum absolute atomic E-state index is 0.00887. The van der Waals surface area contributed by atoms with Gasteiger partial charge in [-0.15, -0.1) is 21.5 Å². The molecule has 0 atom stereocenters. The number of rotatable bonds is 7. The smallest absolute Gasteiger partial charge is 0.223 e. The number of carbonyl (C=O) groups is 1. The molecule has 156 valence electrons. The summed E-state index contributed by atoms with van der Waals surface area (Å²) < 4.78 is 18.4. The van der Waals surface area contributed by atoms with E-state index in [1.165, 1.54) is 12.1 Å². The zero-order valence-corrected chi connectivity index (χ0v) is 17.3. The third kappa shape index (κ3) is 5.13. The van der Waals surface area contributed by atoms with Gasteiger partial charge >= 0.3 is 0 Å². The summed E-state index contributed by atoms with van der Waals surface area (Å²) in [5.74, 6) is 1.18. The highest BCUT2D eigenvalue weighted by Crippen LogP contribution is 2.25. The molecule has 1 fully saturated rings. The molecule has 1 aliphatic heterocycles. The van der Waals surface area contributed by atoms with Crippen LogP contribution in [0, 0.1) is 11.7 Å². The third-order valence-corrected chi connectivity index (χ3v) is 5.99. The van der Waals surface area contributed by atoms with E-state index in [4.69, 9.17) is 4.74 Å². The van der Waals surface area contributed by atoms with Gasteiger partial charge in [0.15, 0.2) is 5.82 Å². The Bertz CT molecular complexity index is 940. The van der Waals surface area contributed by atoms with Gasteiger partial charge < -0.3 is 15.0 Å². The van der Waals surface area contributed by atoms with Gasteiger partial charge in [0, 0.05) is 19.0 Å². The average molecular weight is 427 g/mol. The maximum absolute atomic E-state index is 12.9. The Labute approximate surface area is 178 Å². The molecule has 0 saturated carbocycles. The van der Waals surface area contributed by atoms with E-state index in [1.807, 2.05) is 29.6 Å². The van der Waals surface area contributed by atoms with Crippen LogP contribution in [-0.2, 0) is 4.79 Å². The molecule has 1 aromatic carbocycles. The number of piperidine rings is 1. The lowest BCUT2D eigenvalue weighted by Crippen LogP contribution is -2.41. The maximum Gasteiger partial charge on any atom is 0.223 e. The molecule has 0 spiro atoms. The third-order valence-electron chi connectivity index (χ3n) is 5.10. The van der Waals surface area contributed by atoms with Crippen LogP contribution >= 0.6 is 11.3 Å². The summed E-state index contributed by atoms with van der Waals surface area (Å²) >= 11 is 1.64. The van der Waals surface area contributed by atoms with Crippen LogP contribution in [0.4, 0.5) is 10.2 Å². The largest absolute Gasteiger partial charge is 0.492 e. The normalized spacial score (nSPS) is 14.5. The summed E-state index contributed by atoms with van der Waals surface area (Å²) in [5.41, 5.74) is 0.880. The molecule has 0 aliphatic carbocycles. The summed E-state index contributed by atoms with van der Waals surface area (Å²) in [6.07, 6.45) is 1.55. The van der Waals surface area contributed by atoms with Crippen molar-refractivity contribution in [2.45, 2.75) is 12.8 Å². The lowest BCUT2D eigenvalue weighted by molar-refractivity contribution is -0.125. The van der Waals surface area contributed by atoms with Crippen molar-refractivity contribution in [1.29, 1.82) is 0 Å². The highest BCUT2D eigenvalue weighted by atomic mass is 32.1. The number of nitrogens with zero attached hydrogens (tertiary/aromatic N) is 3. The number of aromatic nitrogens is 2. The molecular weight excluding hydrogens is 403 g/mol. The predicted molar refractivity (Wildman–Crippen MR) is 115 cm³/mol. The Morgan fingerprint density at radius 1 is 1.13 bits per heavy atom. The van der Waals surface area contributed by atoms with Crippen LogP contribution in [0.3, 0.4) is 0 Å². The monoisotopic (exact) mass is 426 g/mol. The number of nitrogens with one attached hydrogen (secondary N) is 1. The number of thiophene rings is 1. The molecule has 1 amide bonds. The van der Waals surface area contributed by atoms with Crippen LogP contribution in [0.5, 0.6) is 5.75 Å². The van der Waals surface area contributed by atoms with E-state index < -0.39 is 0 Å². The minimum Gasteiger partial charge on any atom is -0.492 e. The Morgan fingerprint density at radius 2 is 1.93 bits per heavy atom. The fourth-order valence-electron chi connectivity index (χ4n) is 3.44. The molecule has 6 nitrogen and oxygen atoms in total. The van der Waals surface area contributed by atoms with Crippen LogP contribution in [0.15, 0.2) is 53.9 Å². The van der Waals surface area contributed by atoms with Crippen LogP contribution in [0.1, 0.15) is 12.8 Å². The first-order chi connectivity index (χ1) is 14.7. The molecule has 4 rings (SSSR count). The Morgan fingerprint density at radius 3 is 2.60 bits per heavy atom. The van der Waals surface area contributed by atoms with Crippen molar-refractivity contribution >= 4 is 23.1 Å².